The molecule has 0 saturated carbocycles. The van der Waals surface area contributed by atoms with Gasteiger partial charge in [-0.2, -0.15) is 0 Å². The second-order valence-electron chi connectivity index (χ2n) is 3.89. The molecule has 0 amide bonds. The standard InChI is InChI=1S/C13H13ClN4OS/c1-19-10-4-2-3-9(14)8(10)7-18-13-11(12(15)20)16-5-6-17-13/h2-6H,7H2,1H3,(H2,15,20)(H,17,18). The number of ether oxygens (including phenoxy) is 1. The molecule has 7 heteroatoms. The van der Waals surface area contributed by atoms with Crippen LogP contribution < -0.4 is 15.8 Å². The monoisotopic (exact) mass is 308 g/mol. The molecule has 1 aromatic carbocycles. The molecule has 0 spiro atoms. The summed E-state index contributed by atoms with van der Waals surface area (Å²) in [6, 6.07) is 5.47. The van der Waals surface area contributed by atoms with Crippen LogP contribution in [-0.2, 0) is 6.54 Å². The van der Waals surface area contributed by atoms with Crippen LogP contribution in [-0.4, -0.2) is 22.1 Å². The third-order valence-corrected chi connectivity index (χ3v) is 3.21. The largest absolute Gasteiger partial charge is 0.496 e. The second kappa shape index (κ2) is 6.49. The van der Waals surface area contributed by atoms with E-state index in [1.54, 1.807) is 19.4 Å². The maximum atomic E-state index is 6.17. The minimum absolute atomic E-state index is 0.187. The molecule has 1 aromatic heterocycles. The fraction of sp³-hybridized carbons (Fsp3) is 0.154. The van der Waals surface area contributed by atoms with Crippen molar-refractivity contribution in [1.82, 2.24) is 9.97 Å². The molecule has 0 fully saturated rings. The average molecular weight is 309 g/mol. The predicted octanol–water partition coefficient (Wildman–Crippen LogP) is 2.38. The van der Waals surface area contributed by atoms with Crippen molar-refractivity contribution in [1.29, 1.82) is 0 Å². The van der Waals surface area contributed by atoms with E-state index < -0.39 is 0 Å². The Labute approximate surface area is 127 Å². The maximum absolute atomic E-state index is 6.17. The molecule has 2 aromatic rings. The van der Waals surface area contributed by atoms with Crippen LogP contribution in [0.1, 0.15) is 11.3 Å². The van der Waals surface area contributed by atoms with Crippen LogP contribution in [0, 0.1) is 0 Å². The van der Waals surface area contributed by atoms with E-state index >= 15 is 0 Å². The summed E-state index contributed by atoms with van der Waals surface area (Å²) in [5, 5.41) is 3.73. The van der Waals surface area contributed by atoms with Crippen LogP contribution in [0.3, 0.4) is 0 Å². The van der Waals surface area contributed by atoms with Crippen LogP contribution in [0.15, 0.2) is 30.6 Å². The number of benzene rings is 1. The number of nitrogens with one attached hydrogen (secondary N) is 1. The molecule has 1 heterocycles. The number of anilines is 1. The quantitative estimate of drug-likeness (QED) is 0.826. The van der Waals surface area contributed by atoms with Gasteiger partial charge in [0.15, 0.2) is 5.82 Å². The molecule has 2 rings (SSSR count). The maximum Gasteiger partial charge on any atom is 0.155 e. The summed E-state index contributed by atoms with van der Waals surface area (Å²) in [5.41, 5.74) is 6.89. The summed E-state index contributed by atoms with van der Waals surface area (Å²) in [5.74, 6) is 1.22. The molecule has 0 bridgehead atoms. The van der Waals surface area contributed by atoms with E-state index in [1.165, 1.54) is 6.20 Å². The number of methoxy groups -OCH3 is 1. The molecule has 0 radical (unpaired) electrons. The number of thiocarbonyl (C=S) groups is 1. The summed E-state index contributed by atoms with van der Waals surface area (Å²) >= 11 is 11.1. The number of rotatable bonds is 5. The fourth-order valence-electron chi connectivity index (χ4n) is 1.72. The fourth-order valence-corrected chi connectivity index (χ4v) is 2.10. The van der Waals surface area contributed by atoms with Crippen molar-refractivity contribution in [3.05, 3.63) is 46.9 Å². The zero-order valence-corrected chi connectivity index (χ0v) is 12.3. The van der Waals surface area contributed by atoms with Gasteiger partial charge in [0.05, 0.1) is 7.11 Å². The van der Waals surface area contributed by atoms with E-state index in [0.717, 1.165) is 5.56 Å². The van der Waals surface area contributed by atoms with Crippen molar-refractivity contribution in [2.75, 3.05) is 12.4 Å². The zero-order chi connectivity index (χ0) is 14.5. The summed E-state index contributed by atoms with van der Waals surface area (Å²) < 4.78 is 5.28. The lowest BCUT2D eigenvalue weighted by molar-refractivity contribution is 0.410. The molecular weight excluding hydrogens is 296 g/mol. The number of halogens is 1. The summed E-state index contributed by atoms with van der Waals surface area (Å²) in [6.45, 7) is 0.428. The second-order valence-corrected chi connectivity index (χ2v) is 4.74. The zero-order valence-electron chi connectivity index (χ0n) is 10.8. The molecule has 0 aliphatic heterocycles. The first-order valence-corrected chi connectivity index (χ1v) is 6.58. The molecule has 5 nitrogen and oxygen atoms in total. The Bertz CT molecular complexity index is 636. The molecule has 0 atom stereocenters. The first-order chi connectivity index (χ1) is 9.63. The normalized spacial score (nSPS) is 10.1. The van der Waals surface area contributed by atoms with Crippen molar-refractivity contribution in [3.63, 3.8) is 0 Å². The van der Waals surface area contributed by atoms with Crippen LogP contribution in [0.4, 0.5) is 5.82 Å². The van der Waals surface area contributed by atoms with Gasteiger partial charge in [-0.15, -0.1) is 0 Å². The molecule has 0 aliphatic rings. The summed E-state index contributed by atoms with van der Waals surface area (Å²) in [7, 11) is 1.60. The highest BCUT2D eigenvalue weighted by atomic mass is 35.5. The van der Waals surface area contributed by atoms with Gasteiger partial charge in [-0.05, 0) is 12.1 Å². The van der Waals surface area contributed by atoms with Crippen molar-refractivity contribution < 1.29 is 4.74 Å². The van der Waals surface area contributed by atoms with Crippen molar-refractivity contribution >= 4 is 34.6 Å². The number of aromatic nitrogens is 2. The Morgan fingerprint density at radius 3 is 2.85 bits per heavy atom. The van der Waals surface area contributed by atoms with Gasteiger partial charge in [0.25, 0.3) is 0 Å². The predicted molar refractivity (Wildman–Crippen MR) is 83.3 cm³/mol. The van der Waals surface area contributed by atoms with Gasteiger partial charge in [-0.3, -0.25) is 0 Å². The molecule has 0 unspecified atom stereocenters. The number of nitrogens with zero attached hydrogens (tertiary/aromatic N) is 2. The number of hydrogen-bond donors (Lipinski definition) is 2. The van der Waals surface area contributed by atoms with E-state index in [0.29, 0.717) is 28.8 Å². The van der Waals surface area contributed by atoms with Crippen molar-refractivity contribution in [2.45, 2.75) is 6.54 Å². The Balaban J connectivity index is 2.24. The van der Waals surface area contributed by atoms with Crippen LogP contribution in [0.5, 0.6) is 5.75 Å². The third-order valence-electron chi connectivity index (χ3n) is 2.66. The highest BCUT2D eigenvalue weighted by molar-refractivity contribution is 7.80. The van der Waals surface area contributed by atoms with E-state index in [2.05, 4.69) is 15.3 Å². The lowest BCUT2D eigenvalue weighted by Gasteiger charge is -2.13. The van der Waals surface area contributed by atoms with E-state index in [-0.39, 0.29) is 4.99 Å². The van der Waals surface area contributed by atoms with Crippen molar-refractivity contribution in [3.8, 4) is 5.75 Å². The highest BCUT2D eigenvalue weighted by Gasteiger charge is 2.11. The molecule has 0 saturated heterocycles. The Kier molecular flexibility index (Phi) is 4.70. The van der Waals surface area contributed by atoms with E-state index in [9.17, 15) is 0 Å². The Morgan fingerprint density at radius 1 is 1.40 bits per heavy atom. The van der Waals surface area contributed by atoms with Crippen LogP contribution >= 0.6 is 23.8 Å². The van der Waals surface area contributed by atoms with Crippen molar-refractivity contribution in [2.24, 2.45) is 5.73 Å². The lowest BCUT2D eigenvalue weighted by Crippen LogP contribution is -2.16. The Hall–Kier alpha value is -1.92. The van der Waals surface area contributed by atoms with Gasteiger partial charge in [-0.25, -0.2) is 9.97 Å². The topological polar surface area (TPSA) is 73.1 Å². The van der Waals surface area contributed by atoms with Crippen LogP contribution in [0.25, 0.3) is 0 Å². The van der Waals surface area contributed by atoms with Gasteiger partial charge in [-0.1, -0.05) is 29.9 Å². The van der Waals surface area contributed by atoms with Crippen LogP contribution in [0.2, 0.25) is 5.02 Å². The van der Waals surface area contributed by atoms with Gasteiger partial charge < -0.3 is 15.8 Å². The van der Waals surface area contributed by atoms with Gasteiger partial charge in [0.1, 0.15) is 16.4 Å². The Morgan fingerprint density at radius 2 is 2.15 bits per heavy atom. The first-order valence-electron chi connectivity index (χ1n) is 5.79. The SMILES string of the molecule is COc1cccc(Cl)c1CNc1nccnc1C(N)=S. The smallest absolute Gasteiger partial charge is 0.155 e. The van der Waals surface area contributed by atoms with E-state index in [1.807, 2.05) is 12.1 Å². The third kappa shape index (κ3) is 3.15. The minimum Gasteiger partial charge on any atom is -0.496 e. The van der Waals surface area contributed by atoms with E-state index in [4.69, 9.17) is 34.3 Å². The van der Waals surface area contributed by atoms with Gasteiger partial charge in [0, 0.05) is 29.5 Å². The minimum atomic E-state index is 0.187. The molecule has 104 valence electrons. The molecule has 0 aliphatic carbocycles. The number of nitrogens with two attached hydrogens (primary N) is 1. The molecular formula is C13H13ClN4OS. The summed E-state index contributed by atoms with van der Waals surface area (Å²) in [6.07, 6.45) is 3.10. The summed E-state index contributed by atoms with van der Waals surface area (Å²) in [4.78, 5) is 8.46. The van der Waals surface area contributed by atoms with Gasteiger partial charge in [0.2, 0.25) is 0 Å². The highest BCUT2D eigenvalue weighted by Crippen LogP contribution is 2.27. The average Bonchev–Trinajstić information content (AvgIpc) is 2.46. The molecule has 20 heavy (non-hydrogen) atoms. The number of hydrogen-bond acceptors (Lipinski definition) is 5. The first kappa shape index (κ1) is 14.5. The lowest BCUT2D eigenvalue weighted by atomic mass is 10.2. The molecule has 3 N–H and O–H groups in total. The van der Waals surface area contributed by atoms with Gasteiger partial charge >= 0.3 is 0 Å².